The summed E-state index contributed by atoms with van der Waals surface area (Å²) < 4.78 is 2.46. The van der Waals surface area contributed by atoms with Crippen LogP contribution in [0.15, 0.2) is 218 Å². The Balaban J connectivity index is 1.00. The summed E-state index contributed by atoms with van der Waals surface area (Å²) in [6.45, 7) is 0. The molecule has 0 amide bonds. The van der Waals surface area contributed by atoms with E-state index in [0.717, 1.165) is 22.7 Å². The fourth-order valence-corrected chi connectivity index (χ4v) is 11.6. The zero-order valence-corrected chi connectivity index (χ0v) is 33.2. The van der Waals surface area contributed by atoms with Gasteiger partial charge in [0, 0.05) is 33.4 Å². The smallest absolute Gasteiger partial charge is 0.0726 e. The average molecular weight is 773 g/mol. The molecule has 1 aromatic heterocycles. The standard InChI is InChI=1S/C59H36N2/c1-2-14-37(15-3-1)42-17-7-11-26-53(42)60(39-29-31-40(32-30-39)61-54-27-13-22-48-47-21-12-16-38-28-35-55(61)58(56(38)47)57(48)54)41-33-34-46-45-20-6-10-25-51(45)59(52(46)36-41)49-23-8-4-18-43(49)44-19-5-9-24-50(44)59/h1-36H. The molecular formula is C59H36N2. The Morgan fingerprint density at radius 3 is 1.57 bits per heavy atom. The number of anilines is 3. The van der Waals surface area contributed by atoms with Crippen molar-refractivity contribution in [3.8, 4) is 50.2 Å². The monoisotopic (exact) mass is 772 g/mol. The minimum Gasteiger partial charge on any atom is -0.310 e. The van der Waals surface area contributed by atoms with Crippen molar-refractivity contribution in [1.82, 2.24) is 4.57 Å². The summed E-state index contributed by atoms with van der Waals surface area (Å²) in [5.74, 6) is 0. The van der Waals surface area contributed by atoms with Crippen molar-refractivity contribution in [3.63, 3.8) is 0 Å². The van der Waals surface area contributed by atoms with Crippen molar-refractivity contribution in [2.75, 3.05) is 4.90 Å². The third kappa shape index (κ3) is 4.21. The maximum absolute atomic E-state index is 2.49. The summed E-state index contributed by atoms with van der Waals surface area (Å²) in [6, 6.07) is 81.4. The molecule has 282 valence electrons. The van der Waals surface area contributed by atoms with Crippen LogP contribution in [0.4, 0.5) is 17.1 Å². The minimum absolute atomic E-state index is 0.436. The van der Waals surface area contributed by atoms with Gasteiger partial charge in [0.2, 0.25) is 0 Å². The molecule has 0 aliphatic heterocycles. The highest BCUT2D eigenvalue weighted by Crippen LogP contribution is 2.63. The molecule has 3 aliphatic carbocycles. The second-order valence-corrected chi connectivity index (χ2v) is 16.8. The van der Waals surface area contributed by atoms with Crippen molar-refractivity contribution in [3.05, 3.63) is 241 Å². The van der Waals surface area contributed by atoms with Gasteiger partial charge in [-0.15, -0.1) is 0 Å². The predicted molar refractivity (Wildman–Crippen MR) is 254 cm³/mol. The van der Waals surface area contributed by atoms with E-state index in [1.807, 2.05) is 0 Å². The quantitative estimate of drug-likeness (QED) is 0.169. The molecule has 0 unspecified atom stereocenters. The number of rotatable bonds is 5. The average Bonchev–Trinajstić information content (AvgIpc) is 4.04. The summed E-state index contributed by atoms with van der Waals surface area (Å²) in [6.07, 6.45) is 0. The van der Waals surface area contributed by atoms with Gasteiger partial charge in [0.25, 0.3) is 0 Å². The van der Waals surface area contributed by atoms with Crippen molar-refractivity contribution in [2.45, 2.75) is 5.41 Å². The van der Waals surface area contributed by atoms with Crippen LogP contribution in [0.2, 0.25) is 0 Å². The first-order valence-electron chi connectivity index (χ1n) is 21.3. The molecule has 0 atom stereocenters. The van der Waals surface area contributed by atoms with Crippen LogP contribution in [-0.4, -0.2) is 4.57 Å². The van der Waals surface area contributed by atoms with E-state index in [0.29, 0.717) is 0 Å². The molecule has 10 aromatic carbocycles. The fourth-order valence-electron chi connectivity index (χ4n) is 11.6. The number of para-hydroxylation sites is 1. The Hall–Kier alpha value is -7.94. The molecule has 14 rings (SSSR count). The Kier molecular flexibility index (Phi) is 6.52. The Morgan fingerprint density at radius 1 is 0.328 bits per heavy atom. The number of benzene rings is 10. The molecule has 0 saturated heterocycles. The maximum Gasteiger partial charge on any atom is 0.0726 e. The lowest BCUT2D eigenvalue weighted by molar-refractivity contribution is 0.793. The summed E-state index contributed by atoms with van der Waals surface area (Å²) >= 11 is 0. The maximum atomic E-state index is 2.49. The first-order chi connectivity index (χ1) is 30.3. The van der Waals surface area contributed by atoms with E-state index in [1.165, 1.54) is 99.3 Å². The van der Waals surface area contributed by atoms with Gasteiger partial charge in [0.15, 0.2) is 0 Å². The van der Waals surface area contributed by atoms with E-state index in [1.54, 1.807) is 0 Å². The Labute approximate surface area is 353 Å². The van der Waals surface area contributed by atoms with Crippen LogP contribution >= 0.6 is 0 Å². The molecule has 2 heteroatoms. The minimum atomic E-state index is -0.436. The SMILES string of the molecule is c1ccc(-c2ccccc2N(c2ccc(-n3c4cccc5c4c4c6c-5cccc6ccc43)cc2)c2ccc3c(c2)C2(c4ccccc4-c4ccccc42)c2ccccc2-3)cc1. The molecule has 1 spiro atoms. The third-order valence-corrected chi connectivity index (χ3v) is 13.9. The van der Waals surface area contributed by atoms with E-state index >= 15 is 0 Å². The zero-order valence-electron chi connectivity index (χ0n) is 33.2. The normalized spacial score (nSPS) is 13.4. The predicted octanol–water partition coefficient (Wildman–Crippen LogP) is 15.4. The van der Waals surface area contributed by atoms with Crippen LogP contribution < -0.4 is 4.90 Å². The van der Waals surface area contributed by atoms with Crippen LogP contribution in [0.25, 0.3) is 82.8 Å². The third-order valence-electron chi connectivity index (χ3n) is 13.9. The highest BCUT2D eigenvalue weighted by Gasteiger charge is 2.51. The Bertz CT molecular complexity index is 3580. The molecule has 61 heavy (non-hydrogen) atoms. The number of nitrogens with zero attached hydrogens (tertiary/aromatic N) is 2. The van der Waals surface area contributed by atoms with Gasteiger partial charge in [-0.25, -0.2) is 0 Å². The molecule has 0 saturated carbocycles. The number of hydrogen-bond acceptors (Lipinski definition) is 1. The van der Waals surface area contributed by atoms with Gasteiger partial charge in [-0.3, -0.25) is 0 Å². The van der Waals surface area contributed by atoms with Crippen molar-refractivity contribution < 1.29 is 0 Å². The summed E-state index contributed by atoms with van der Waals surface area (Å²) in [4.78, 5) is 2.47. The molecule has 3 aliphatic rings. The van der Waals surface area contributed by atoms with Gasteiger partial charge in [-0.1, -0.05) is 164 Å². The van der Waals surface area contributed by atoms with Gasteiger partial charge in [0.1, 0.15) is 0 Å². The van der Waals surface area contributed by atoms with Crippen LogP contribution in [0.3, 0.4) is 0 Å². The molecule has 0 fully saturated rings. The van der Waals surface area contributed by atoms with Gasteiger partial charge < -0.3 is 9.47 Å². The highest BCUT2D eigenvalue weighted by molar-refractivity contribution is 6.33. The number of aromatic nitrogens is 1. The number of hydrogen-bond donors (Lipinski definition) is 0. The van der Waals surface area contributed by atoms with E-state index in [2.05, 4.69) is 228 Å². The second kappa shape index (κ2) is 12.1. The van der Waals surface area contributed by atoms with Crippen molar-refractivity contribution in [1.29, 1.82) is 0 Å². The largest absolute Gasteiger partial charge is 0.310 e. The second-order valence-electron chi connectivity index (χ2n) is 16.8. The molecule has 11 aromatic rings. The highest BCUT2D eigenvalue weighted by atomic mass is 15.1. The van der Waals surface area contributed by atoms with E-state index in [-0.39, 0.29) is 0 Å². The molecule has 2 nitrogen and oxygen atoms in total. The molecule has 0 bridgehead atoms. The van der Waals surface area contributed by atoms with E-state index < -0.39 is 5.41 Å². The lowest BCUT2D eigenvalue weighted by atomic mass is 9.70. The van der Waals surface area contributed by atoms with Gasteiger partial charge >= 0.3 is 0 Å². The first-order valence-corrected chi connectivity index (χ1v) is 21.3. The van der Waals surface area contributed by atoms with Gasteiger partial charge in [-0.05, 0) is 127 Å². The van der Waals surface area contributed by atoms with Crippen LogP contribution in [0.1, 0.15) is 22.3 Å². The zero-order chi connectivity index (χ0) is 39.8. The lowest BCUT2D eigenvalue weighted by Gasteiger charge is -2.32. The Morgan fingerprint density at radius 2 is 0.869 bits per heavy atom. The topological polar surface area (TPSA) is 8.17 Å². The van der Waals surface area contributed by atoms with Crippen LogP contribution in [0.5, 0.6) is 0 Å². The van der Waals surface area contributed by atoms with E-state index in [4.69, 9.17) is 0 Å². The molecule has 0 radical (unpaired) electrons. The lowest BCUT2D eigenvalue weighted by Crippen LogP contribution is -2.26. The first kappa shape index (κ1) is 33.0. The molecular weight excluding hydrogens is 737 g/mol. The van der Waals surface area contributed by atoms with E-state index in [9.17, 15) is 0 Å². The van der Waals surface area contributed by atoms with Gasteiger partial charge in [-0.2, -0.15) is 0 Å². The summed E-state index contributed by atoms with van der Waals surface area (Å²) in [5.41, 5.74) is 22.2. The fraction of sp³-hybridized carbons (Fsp3) is 0.0169. The van der Waals surface area contributed by atoms with Crippen molar-refractivity contribution >= 4 is 49.6 Å². The van der Waals surface area contributed by atoms with Gasteiger partial charge in [0.05, 0.1) is 22.1 Å². The summed E-state index contributed by atoms with van der Waals surface area (Å²) in [5, 5.41) is 5.39. The van der Waals surface area contributed by atoms with Crippen LogP contribution in [0, 0.1) is 0 Å². The number of fused-ring (bicyclic) bond motifs is 11. The van der Waals surface area contributed by atoms with Crippen LogP contribution in [-0.2, 0) is 5.41 Å². The van der Waals surface area contributed by atoms with Crippen molar-refractivity contribution in [2.24, 2.45) is 0 Å². The summed E-state index contributed by atoms with van der Waals surface area (Å²) in [7, 11) is 0. The molecule has 1 heterocycles. The molecule has 0 N–H and O–H groups in total.